The van der Waals surface area contributed by atoms with Gasteiger partial charge in [0.1, 0.15) is 6.10 Å². The van der Waals surface area contributed by atoms with Crippen LogP contribution < -0.4 is 10.1 Å². The highest BCUT2D eigenvalue weighted by Gasteiger charge is 2.35. The van der Waals surface area contributed by atoms with Gasteiger partial charge < -0.3 is 10.1 Å². The van der Waals surface area contributed by atoms with Gasteiger partial charge in [0.15, 0.2) is 5.75 Å². The summed E-state index contributed by atoms with van der Waals surface area (Å²) < 4.78 is 5.84. The Hall–Kier alpha value is -0.700. The van der Waals surface area contributed by atoms with Crippen LogP contribution in [0.25, 0.3) is 0 Å². The lowest BCUT2D eigenvalue weighted by atomic mass is 10.2. The average molecular weight is 181 g/mol. The number of hydrogen-bond donors (Lipinski definition) is 1. The van der Waals surface area contributed by atoms with Crippen molar-refractivity contribution in [1.82, 2.24) is 0 Å². The fourth-order valence-corrected chi connectivity index (χ4v) is 2.36. The third-order valence-corrected chi connectivity index (χ3v) is 3.27. The molecule has 3 rings (SSSR count). The standard InChI is InChI=1S/C9H11NOS/c1-2-6(1)8-3-10-7-4-12-5-9(7)11-8/h4-6,8,10H,1-3H2. The molecule has 1 saturated carbocycles. The second kappa shape index (κ2) is 2.39. The maximum atomic E-state index is 5.84. The lowest BCUT2D eigenvalue weighted by molar-refractivity contribution is 0.184. The zero-order valence-corrected chi connectivity index (χ0v) is 7.56. The Balaban J connectivity index is 1.83. The normalized spacial score (nSPS) is 27.2. The van der Waals surface area contributed by atoms with Gasteiger partial charge in [0.25, 0.3) is 0 Å². The first-order chi connectivity index (χ1) is 5.93. The van der Waals surface area contributed by atoms with Crippen molar-refractivity contribution in [3.63, 3.8) is 0 Å². The Bertz CT molecular complexity index is 292. The van der Waals surface area contributed by atoms with Gasteiger partial charge in [0, 0.05) is 10.8 Å². The van der Waals surface area contributed by atoms with Gasteiger partial charge in [-0.25, -0.2) is 0 Å². The van der Waals surface area contributed by atoms with Crippen LogP contribution in [0.2, 0.25) is 0 Å². The van der Waals surface area contributed by atoms with Gasteiger partial charge in [-0.1, -0.05) is 0 Å². The van der Waals surface area contributed by atoms with Crippen molar-refractivity contribution in [3.05, 3.63) is 10.8 Å². The molecule has 1 aliphatic carbocycles. The van der Waals surface area contributed by atoms with Gasteiger partial charge in [-0.15, -0.1) is 11.3 Å². The van der Waals surface area contributed by atoms with E-state index in [2.05, 4.69) is 16.1 Å². The van der Waals surface area contributed by atoms with E-state index in [-0.39, 0.29) is 0 Å². The van der Waals surface area contributed by atoms with Gasteiger partial charge >= 0.3 is 0 Å². The number of thiophene rings is 1. The molecule has 1 fully saturated rings. The van der Waals surface area contributed by atoms with Gasteiger partial charge in [-0.05, 0) is 18.8 Å². The lowest BCUT2D eigenvalue weighted by Gasteiger charge is -2.24. The molecular weight excluding hydrogens is 170 g/mol. The molecule has 1 N–H and O–H groups in total. The summed E-state index contributed by atoms with van der Waals surface area (Å²) in [7, 11) is 0. The largest absolute Gasteiger partial charge is 0.485 e. The lowest BCUT2D eigenvalue weighted by Crippen LogP contribution is -2.31. The molecule has 1 aromatic rings. The van der Waals surface area contributed by atoms with Gasteiger partial charge in [-0.2, -0.15) is 0 Å². The summed E-state index contributed by atoms with van der Waals surface area (Å²) in [6.45, 7) is 0.994. The predicted octanol–water partition coefficient (Wildman–Crippen LogP) is 2.33. The molecule has 12 heavy (non-hydrogen) atoms. The molecule has 0 saturated heterocycles. The summed E-state index contributed by atoms with van der Waals surface area (Å²) >= 11 is 1.70. The van der Waals surface area contributed by atoms with Crippen LogP contribution in [-0.4, -0.2) is 12.6 Å². The van der Waals surface area contributed by atoms with E-state index in [1.807, 2.05) is 0 Å². The summed E-state index contributed by atoms with van der Waals surface area (Å²) in [6.07, 6.45) is 3.14. The first kappa shape index (κ1) is 6.78. The highest BCUT2D eigenvalue weighted by molar-refractivity contribution is 7.08. The molecular formula is C9H11NOS. The first-order valence-corrected chi connectivity index (χ1v) is 5.34. The molecule has 2 aliphatic rings. The molecule has 1 atom stereocenters. The van der Waals surface area contributed by atoms with Crippen LogP contribution in [0.4, 0.5) is 5.69 Å². The Morgan fingerprint density at radius 2 is 2.33 bits per heavy atom. The van der Waals surface area contributed by atoms with Gasteiger partial charge in [0.05, 0.1) is 12.2 Å². The minimum atomic E-state index is 0.437. The van der Waals surface area contributed by atoms with Crippen molar-refractivity contribution in [1.29, 1.82) is 0 Å². The van der Waals surface area contributed by atoms with E-state index in [0.29, 0.717) is 6.10 Å². The van der Waals surface area contributed by atoms with Crippen LogP contribution in [0.5, 0.6) is 5.75 Å². The molecule has 0 spiro atoms. The molecule has 0 bridgehead atoms. The van der Waals surface area contributed by atoms with E-state index in [0.717, 1.165) is 18.2 Å². The zero-order valence-electron chi connectivity index (χ0n) is 6.75. The van der Waals surface area contributed by atoms with Gasteiger partial charge in [-0.3, -0.25) is 0 Å². The third kappa shape index (κ3) is 1.00. The van der Waals surface area contributed by atoms with Crippen molar-refractivity contribution in [3.8, 4) is 5.75 Å². The maximum Gasteiger partial charge on any atom is 0.153 e. The predicted molar refractivity (Wildman–Crippen MR) is 49.9 cm³/mol. The third-order valence-electron chi connectivity index (χ3n) is 2.55. The van der Waals surface area contributed by atoms with Crippen molar-refractivity contribution in [2.75, 3.05) is 11.9 Å². The molecule has 1 unspecified atom stereocenters. The Morgan fingerprint density at radius 1 is 1.42 bits per heavy atom. The molecule has 0 radical (unpaired) electrons. The maximum absolute atomic E-state index is 5.84. The SMILES string of the molecule is c1scc2c1NCC(C1CC1)O2. The fraction of sp³-hybridized carbons (Fsp3) is 0.556. The highest BCUT2D eigenvalue weighted by atomic mass is 32.1. The topological polar surface area (TPSA) is 21.3 Å². The molecule has 3 heteroatoms. The van der Waals surface area contributed by atoms with Gasteiger partial charge in [0.2, 0.25) is 0 Å². The van der Waals surface area contributed by atoms with Crippen molar-refractivity contribution in [2.24, 2.45) is 5.92 Å². The monoisotopic (exact) mass is 181 g/mol. The van der Waals surface area contributed by atoms with E-state index < -0.39 is 0 Å². The summed E-state index contributed by atoms with van der Waals surface area (Å²) in [5.74, 6) is 1.88. The minimum absolute atomic E-state index is 0.437. The van der Waals surface area contributed by atoms with E-state index in [4.69, 9.17) is 4.74 Å². The average Bonchev–Trinajstić information content (AvgIpc) is 2.84. The van der Waals surface area contributed by atoms with E-state index >= 15 is 0 Å². The van der Waals surface area contributed by atoms with Crippen LogP contribution in [-0.2, 0) is 0 Å². The minimum Gasteiger partial charge on any atom is -0.485 e. The number of anilines is 1. The van der Waals surface area contributed by atoms with Crippen molar-refractivity contribution >= 4 is 17.0 Å². The summed E-state index contributed by atoms with van der Waals surface area (Å²) in [5, 5.41) is 7.59. The van der Waals surface area contributed by atoms with Crippen molar-refractivity contribution in [2.45, 2.75) is 18.9 Å². The number of rotatable bonds is 1. The Morgan fingerprint density at radius 3 is 3.17 bits per heavy atom. The fourth-order valence-electron chi connectivity index (χ4n) is 1.65. The quantitative estimate of drug-likeness (QED) is 0.718. The van der Waals surface area contributed by atoms with Crippen LogP contribution in [0.3, 0.4) is 0 Å². The van der Waals surface area contributed by atoms with Crippen molar-refractivity contribution < 1.29 is 4.74 Å². The molecule has 64 valence electrons. The molecule has 0 aromatic carbocycles. The molecule has 2 heterocycles. The number of fused-ring (bicyclic) bond motifs is 1. The highest BCUT2D eigenvalue weighted by Crippen LogP contribution is 2.40. The second-order valence-electron chi connectivity index (χ2n) is 3.52. The molecule has 2 nitrogen and oxygen atoms in total. The molecule has 0 amide bonds. The van der Waals surface area contributed by atoms with Crippen LogP contribution >= 0.6 is 11.3 Å². The Labute approximate surface area is 75.5 Å². The Kier molecular flexibility index (Phi) is 1.35. The van der Waals surface area contributed by atoms with Crippen LogP contribution in [0, 0.1) is 5.92 Å². The number of hydrogen-bond acceptors (Lipinski definition) is 3. The number of ether oxygens (including phenoxy) is 1. The smallest absolute Gasteiger partial charge is 0.153 e. The summed E-state index contributed by atoms with van der Waals surface area (Å²) in [4.78, 5) is 0. The van der Waals surface area contributed by atoms with Crippen LogP contribution in [0.15, 0.2) is 10.8 Å². The zero-order chi connectivity index (χ0) is 7.97. The first-order valence-electron chi connectivity index (χ1n) is 4.40. The number of nitrogens with one attached hydrogen (secondary N) is 1. The van der Waals surface area contributed by atoms with Crippen LogP contribution in [0.1, 0.15) is 12.8 Å². The molecule has 1 aromatic heterocycles. The van der Waals surface area contributed by atoms with E-state index in [1.165, 1.54) is 18.5 Å². The summed E-state index contributed by atoms with van der Waals surface area (Å²) in [5.41, 5.74) is 1.18. The van der Waals surface area contributed by atoms with E-state index in [1.54, 1.807) is 11.3 Å². The molecule has 1 aliphatic heterocycles. The van der Waals surface area contributed by atoms with E-state index in [9.17, 15) is 0 Å². The summed E-state index contributed by atoms with van der Waals surface area (Å²) in [6, 6.07) is 0. The second-order valence-corrected chi connectivity index (χ2v) is 4.27.